The van der Waals surface area contributed by atoms with E-state index in [1.54, 1.807) is 40.7 Å². The number of nitriles is 1. The average molecular weight is 685 g/mol. The molecular formula is C35H52N6O8. The molecule has 4 rings (SSSR count). The minimum atomic E-state index is -2.13. The van der Waals surface area contributed by atoms with E-state index in [9.17, 15) is 24.8 Å². The van der Waals surface area contributed by atoms with Crippen molar-refractivity contribution in [2.24, 2.45) is 17.1 Å². The fourth-order valence-electron chi connectivity index (χ4n) is 6.15. The van der Waals surface area contributed by atoms with Gasteiger partial charge in [0.1, 0.15) is 48.4 Å². The highest BCUT2D eigenvalue weighted by Crippen LogP contribution is 2.42. The molecule has 14 heteroatoms. The number of aliphatic hydroxyl groups excluding tert-OH is 1. The van der Waals surface area contributed by atoms with Crippen molar-refractivity contribution in [1.82, 2.24) is 14.6 Å². The Labute approximate surface area is 288 Å². The number of anilines is 1. The molecule has 5 atom stereocenters. The number of carbonyl (C=O) groups excluding carboxylic acids is 3. The van der Waals surface area contributed by atoms with Crippen LogP contribution in [0.4, 0.5) is 5.82 Å². The van der Waals surface area contributed by atoms with Crippen molar-refractivity contribution in [2.45, 2.75) is 135 Å². The van der Waals surface area contributed by atoms with E-state index < -0.39 is 58.8 Å². The SMILES string of the molecule is CCCCOC(C)(C)C(=O)Nc1ncnn2c([C@]3(C#N)O[C@H](COC(=O)CC4CCCCCC4)[C@@H](OC(=O)[C@@H](N)C(C)(C)C)[C@H]3O)ccc12. The second-order valence-corrected chi connectivity index (χ2v) is 14.7. The molecule has 2 aromatic rings. The Balaban J connectivity index is 1.62. The number of aromatic nitrogens is 3. The maximum atomic E-state index is 13.2. The highest BCUT2D eigenvalue weighted by atomic mass is 16.6. The zero-order valence-electron chi connectivity index (χ0n) is 29.6. The van der Waals surface area contributed by atoms with Crippen molar-refractivity contribution in [3.05, 3.63) is 24.2 Å². The Hall–Kier alpha value is -3.64. The minimum absolute atomic E-state index is 0.0855. The van der Waals surface area contributed by atoms with Crippen LogP contribution in [0.25, 0.3) is 5.52 Å². The number of nitrogens with two attached hydrogens (primary N) is 1. The number of aliphatic hydroxyl groups is 1. The number of hydrogen-bond acceptors (Lipinski definition) is 12. The van der Waals surface area contributed by atoms with Crippen LogP contribution in [0.2, 0.25) is 0 Å². The molecule has 0 radical (unpaired) electrons. The molecule has 2 fully saturated rings. The highest BCUT2D eigenvalue weighted by molar-refractivity contribution is 5.98. The smallest absolute Gasteiger partial charge is 0.323 e. The largest absolute Gasteiger partial charge is 0.463 e. The Morgan fingerprint density at radius 3 is 2.51 bits per heavy atom. The topological polar surface area (TPSA) is 200 Å². The van der Waals surface area contributed by atoms with Gasteiger partial charge in [-0.25, -0.2) is 9.50 Å². The lowest BCUT2D eigenvalue weighted by Crippen LogP contribution is -2.49. The summed E-state index contributed by atoms with van der Waals surface area (Å²) in [5, 5.41) is 29.5. The lowest BCUT2D eigenvalue weighted by atomic mass is 9.87. The first-order valence-electron chi connectivity index (χ1n) is 17.3. The second-order valence-electron chi connectivity index (χ2n) is 14.7. The third kappa shape index (κ3) is 8.75. The van der Waals surface area contributed by atoms with Crippen molar-refractivity contribution in [1.29, 1.82) is 5.26 Å². The molecule has 1 amide bonds. The first-order valence-corrected chi connectivity index (χ1v) is 17.3. The van der Waals surface area contributed by atoms with Crippen LogP contribution in [0.15, 0.2) is 18.5 Å². The first kappa shape index (κ1) is 38.2. The van der Waals surface area contributed by atoms with Gasteiger partial charge in [-0.05, 0) is 56.6 Å². The summed E-state index contributed by atoms with van der Waals surface area (Å²) in [7, 11) is 0. The normalized spacial score (nSPS) is 24.2. The predicted molar refractivity (Wildman–Crippen MR) is 179 cm³/mol. The number of unbranched alkanes of at least 4 members (excludes halogenated alkanes) is 1. The van der Waals surface area contributed by atoms with Crippen LogP contribution in [0.1, 0.15) is 105 Å². The summed E-state index contributed by atoms with van der Waals surface area (Å²) in [6.45, 7) is 10.7. The van der Waals surface area contributed by atoms with E-state index in [1.165, 1.54) is 16.9 Å². The molecule has 1 saturated carbocycles. The van der Waals surface area contributed by atoms with Gasteiger partial charge in [-0.2, -0.15) is 10.4 Å². The van der Waals surface area contributed by atoms with Gasteiger partial charge in [0.2, 0.25) is 5.60 Å². The third-order valence-corrected chi connectivity index (χ3v) is 9.45. The Morgan fingerprint density at radius 2 is 1.88 bits per heavy atom. The lowest BCUT2D eigenvalue weighted by molar-refractivity contribution is -0.163. The Kier molecular flexibility index (Phi) is 12.4. The zero-order valence-corrected chi connectivity index (χ0v) is 29.6. The summed E-state index contributed by atoms with van der Waals surface area (Å²) in [5.74, 6) is -1.32. The number of rotatable bonds is 13. The van der Waals surface area contributed by atoms with E-state index in [1.807, 2.05) is 6.92 Å². The minimum Gasteiger partial charge on any atom is -0.463 e. The van der Waals surface area contributed by atoms with Crippen LogP contribution in [-0.2, 0) is 38.9 Å². The molecule has 1 aliphatic carbocycles. The molecule has 2 aromatic heterocycles. The fourth-order valence-corrected chi connectivity index (χ4v) is 6.15. The van der Waals surface area contributed by atoms with Crippen LogP contribution in [-0.4, -0.2) is 80.7 Å². The van der Waals surface area contributed by atoms with Gasteiger partial charge < -0.3 is 35.1 Å². The number of carbonyl (C=O) groups is 3. The van der Waals surface area contributed by atoms with Crippen molar-refractivity contribution >= 4 is 29.2 Å². The number of ether oxygens (including phenoxy) is 4. The predicted octanol–water partition coefficient (Wildman–Crippen LogP) is 3.93. The lowest BCUT2D eigenvalue weighted by Gasteiger charge is -2.29. The van der Waals surface area contributed by atoms with E-state index in [2.05, 4.69) is 21.5 Å². The van der Waals surface area contributed by atoms with Crippen molar-refractivity contribution in [3.63, 3.8) is 0 Å². The van der Waals surface area contributed by atoms with Crippen molar-refractivity contribution in [2.75, 3.05) is 18.5 Å². The van der Waals surface area contributed by atoms with Gasteiger partial charge in [0.15, 0.2) is 11.9 Å². The molecule has 0 aromatic carbocycles. The van der Waals surface area contributed by atoms with Gasteiger partial charge in [-0.15, -0.1) is 0 Å². The van der Waals surface area contributed by atoms with Crippen molar-refractivity contribution < 1.29 is 38.4 Å². The maximum absolute atomic E-state index is 13.2. The summed E-state index contributed by atoms with van der Waals surface area (Å²) in [6, 6.07) is 4.09. The number of esters is 2. The van der Waals surface area contributed by atoms with Gasteiger partial charge in [0.25, 0.3) is 5.91 Å². The van der Waals surface area contributed by atoms with E-state index in [0.29, 0.717) is 12.1 Å². The van der Waals surface area contributed by atoms with Gasteiger partial charge in [0.05, 0.1) is 5.69 Å². The summed E-state index contributed by atoms with van der Waals surface area (Å²) in [6.07, 6.45) is 5.11. The molecule has 1 saturated heterocycles. The molecule has 0 bridgehead atoms. The number of nitrogens with one attached hydrogen (secondary N) is 1. The van der Waals surface area contributed by atoms with Crippen LogP contribution in [0.3, 0.4) is 0 Å². The van der Waals surface area contributed by atoms with Gasteiger partial charge in [-0.3, -0.25) is 14.4 Å². The molecule has 0 spiro atoms. The Bertz CT molecular complexity index is 1510. The van der Waals surface area contributed by atoms with Gasteiger partial charge >= 0.3 is 11.9 Å². The molecule has 49 heavy (non-hydrogen) atoms. The summed E-state index contributed by atoms with van der Waals surface area (Å²) >= 11 is 0. The van der Waals surface area contributed by atoms with Gasteiger partial charge in [0, 0.05) is 13.0 Å². The maximum Gasteiger partial charge on any atom is 0.323 e. The number of fused-ring (bicyclic) bond motifs is 1. The molecule has 14 nitrogen and oxygen atoms in total. The van der Waals surface area contributed by atoms with E-state index in [0.717, 1.165) is 51.4 Å². The monoisotopic (exact) mass is 684 g/mol. The van der Waals surface area contributed by atoms with Crippen LogP contribution in [0, 0.1) is 22.7 Å². The second kappa shape index (κ2) is 15.9. The molecule has 4 N–H and O–H groups in total. The van der Waals surface area contributed by atoms with E-state index in [-0.39, 0.29) is 30.5 Å². The fraction of sp³-hybridized carbons (Fsp3) is 0.714. The zero-order chi connectivity index (χ0) is 36.0. The molecule has 270 valence electrons. The Morgan fingerprint density at radius 1 is 1.18 bits per heavy atom. The standard InChI is InChI=1S/C35H52N6O8/c1-7-8-17-47-34(5,6)32(45)40-30-23-15-16-25(41(23)39-21-38-30)35(20-36)29(43)27(48-31(44)28(37)33(2,3)4)24(49-35)19-46-26(42)18-22-13-11-9-10-12-14-22/h15-16,21-22,24,27-29,43H,7-14,17-19,37H2,1-6H3,(H,38,39,40,45)/t24-,27-,28-,29-,35+/m1/s1. The highest BCUT2D eigenvalue weighted by Gasteiger charge is 2.60. The van der Waals surface area contributed by atoms with E-state index in [4.69, 9.17) is 24.7 Å². The van der Waals surface area contributed by atoms with E-state index >= 15 is 0 Å². The summed E-state index contributed by atoms with van der Waals surface area (Å²) in [5.41, 5.74) is 2.63. The van der Waals surface area contributed by atoms with Crippen molar-refractivity contribution in [3.8, 4) is 6.07 Å². The quantitative estimate of drug-likeness (QED) is 0.156. The summed E-state index contributed by atoms with van der Waals surface area (Å²) < 4.78 is 24.7. The molecule has 2 aliphatic rings. The molecular weight excluding hydrogens is 632 g/mol. The molecule has 0 unspecified atom stereocenters. The number of hydrogen-bond donors (Lipinski definition) is 3. The summed E-state index contributed by atoms with van der Waals surface area (Å²) in [4.78, 5) is 43.5. The van der Waals surface area contributed by atoms with Gasteiger partial charge in [-0.1, -0.05) is 59.8 Å². The van der Waals surface area contributed by atoms with Crippen LogP contribution in [0.5, 0.6) is 0 Å². The number of amides is 1. The van der Waals surface area contributed by atoms with Crippen LogP contribution < -0.4 is 11.1 Å². The average Bonchev–Trinajstić information content (AvgIpc) is 3.48. The third-order valence-electron chi connectivity index (χ3n) is 9.45. The molecule has 1 aliphatic heterocycles. The number of nitrogens with zero attached hydrogens (tertiary/aromatic N) is 4. The molecule has 3 heterocycles. The first-order chi connectivity index (χ1) is 23.1. The van der Waals surface area contributed by atoms with Crippen LogP contribution >= 0.6 is 0 Å².